The number of nitrogens with zero attached hydrogens (tertiary/aromatic N) is 2. The Hall–Kier alpha value is -1.45. The van der Waals surface area contributed by atoms with Crippen LogP contribution in [-0.2, 0) is 26.6 Å². The molecule has 0 aliphatic rings. The van der Waals surface area contributed by atoms with Crippen molar-refractivity contribution in [2.45, 2.75) is 10.9 Å². The summed E-state index contributed by atoms with van der Waals surface area (Å²) in [4.78, 5) is 10.7. The second-order valence-electron chi connectivity index (χ2n) is 3.32. The third-order valence-electron chi connectivity index (χ3n) is 1.92. The van der Waals surface area contributed by atoms with Gasteiger partial charge in [0.25, 0.3) is 0 Å². The van der Waals surface area contributed by atoms with E-state index >= 15 is 0 Å². The fourth-order valence-electron chi connectivity index (χ4n) is 1.12. The summed E-state index contributed by atoms with van der Waals surface area (Å²) in [6.45, 7) is -0.255. The molecular weight excluding hydrogens is 250 g/mol. The normalized spacial score (nSPS) is 13.5. The average molecular weight is 263 g/mol. The van der Waals surface area contributed by atoms with E-state index in [2.05, 4.69) is 9.84 Å². The minimum absolute atomic E-state index is 0.0950. The zero-order valence-corrected chi connectivity index (χ0v) is 10.1. The molecule has 1 aromatic heterocycles. The molecule has 0 saturated heterocycles. The van der Waals surface area contributed by atoms with Crippen LogP contribution in [0.5, 0.6) is 0 Å². The lowest BCUT2D eigenvalue weighted by Gasteiger charge is -2.12. The summed E-state index contributed by atoms with van der Waals surface area (Å²) < 4.78 is 31.5. The summed E-state index contributed by atoms with van der Waals surface area (Å²) in [6.07, 6.45) is 2.40. The molecular formula is C8H13N3O5S. The molecule has 0 aliphatic heterocycles. The van der Waals surface area contributed by atoms with Crippen LogP contribution in [0.15, 0.2) is 17.3 Å². The van der Waals surface area contributed by atoms with Gasteiger partial charge in [0.05, 0.1) is 12.8 Å². The SMILES string of the molecule is COCC(NS(=O)(=O)c1cnn(C)c1)C(=O)O. The second kappa shape index (κ2) is 5.25. The number of methoxy groups -OCH3 is 1. The molecule has 1 rings (SSSR count). The van der Waals surface area contributed by atoms with E-state index < -0.39 is 22.0 Å². The van der Waals surface area contributed by atoms with Crippen molar-refractivity contribution in [3.05, 3.63) is 12.4 Å². The summed E-state index contributed by atoms with van der Waals surface area (Å²) in [5.74, 6) is -1.31. The Labute approximate surface area is 98.2 Å². The minimum Gasteiger partial charge on any atom is -0.480 e. The van der Waals surface area contributed by atoms with Crippen LogP contribution < -0.4 is 4.72 Å². The van der Waals surface area contributed by atoms with Crippen molar-refractivity contribution in [3.63, 3.8) is 0 Å². The Morgan fingerprint density at radius 3 is 2.76 bits per heavy atom. The number of aryl methyl sites for hydroxylation is 1. The number of carboxylic acids is 1. The molecule has 1 aromatic rings. The smallest absolute Gasteiger partial charge is 0.324 e. The fraction of sp³-hybridized carbons (Fsp3) is 0.500. The Kier molecular flexibility index (Phi) is 4.21. The highest BCUT2D eigenvalue weighted by Crippen LogP contribution is 2.07. The summed E-state index contributed by atoms with van der Waals surface area (Å²) in [5, 5.41) is 12.5. The predicted molar refractivity (Wildman–Crippen MR) is 56.8 cm³/mol. The lowest BCUT2D eigenvalue weighted by atomic mass is 10.3. The molecule has 1 atom stereocenters. The number of rotatable bonds is 6. The van der Waals surface area contributed by atoms with E-state index in [4.69, 9.17) is 5.11 Å². The van der Waals surface area contributed by atoms with Crippen LogP contribution in [0.1, 0.15) is 0 Å². The van der Waals surface area contributed by atoms with Crippen LogP contribution in [0, 0.1) is 0 Å². The maximum Gasteiger partial charge on any atom is 0.324 e. The Bertz CT molecular complexity index is 495. The van der Waals surface area contributed by atoms with E-state index in [0.717, 1.165) is 6.20 Å². The highest BCUT2D eigenvalue weighted by molar-refractivity contribution is 7.89. The molecule has 2 N–H and O–H groups in total. The van der Waals surface area contributed by atoms with Gasteiger partial charge in [0.15, 0.2) is 0 Å². The van der Waals surface area contributed by atoms with Gasteiger partial charge in [-0.3, -0.25) is 9.48 Å². The van der Waals surface area contributed by atoms with Crippen molar-refractivity contribution in [1.82, 2.24) is 14.5 Å². The van der Waals surface area contributed by atoms with Gasteiger partial charge in [-0.05, 0) is 0 Å². The molecule has 17 heavy (non-hydrogen) atoms. The molecule has 9 heteroatoms. The Morgan fingerprint density at radius 1 is 1.71 bits per heavy atom. The molecule has 0 aromatic carbocycles. The van der Waals surface area contributed by atoms with Gasteiger partial charge in [-0.2, -0.15) is 9.82 Å². The Morgan fingerprint density at radius 2 is 2.35 bits per heavy atom. The van der Waals surface area contributed by atoms with Crippen molar-refractivity contribution in [2.75, 3.05) is 13.7 Å². The third kappa shape index (κ3) is 3.51. The summed E-state index contributed by atoms with van der Waals surface area (Å²) in [7, 11) is -1.06. The monoisotopic (exact) mass is 263 g/mol. The van der Waals surface area contributed by atoms with E-state index in [9.17, 15) is 13.2 Å². The molecule has 1 heterocycles. The molecule has 0 amide bonds. The van der Waals surface area contributed by atoms with Gasteiger partial charge >= 0.3 is 5.97 Å². The van der Waals surface area contributed by atoms with Gasteiger partial charge in [-0.25, -0.2) is 8.42 Å². The van der Waals surface area contributed by atoms with E-state index in [0.29, 0.717) is 0 Å². The number of carbonyl (C=O) groups is 1. The highest BCUT2D eigenvalue weighted by Gasteiger charge is 2.26. The third-order valence-corrected chi connectivity index (χ3v) is 3.35. The first-order valence-corrected chi connectivity index (χ1v) is 6.08. The molecule has 0 spiro atoms. The Balaban J connectivity index is 2.88. The number of hydrogen-bond acceptors (Lipinski definition) is 5. The number of nitrogens with one attached hydrogen (secondary N) is 1. The van der Waals surface area contributed by atoms with Crippen LogP contribution in [0.4, 0.5) is 0 Å². The van der Waals surface area contributed by atoms with E-state index in [1.165, 1.54) is 18.0 Å². The topological polar surface area (TPSA) is 111 Å². The van der Waals surface area contributed by atoms with Gasteiger partial charge in [0, 0.05) is 20.4 Å². The van der Waals surface area contributed by atoms with Crippen LogP contribution in [-0.4, -0.2) is 49.0 Å². The lowest BCUT2D eigenvalue weighted by Crippen LogP contribution is -2.43. The molecule has 8 nitrogen and oxygen atoms in total. The molecule has 0 saturated carbocycles. The van der Waals surface area contributed by atoms with Gasteiger partial charge in [0.2, 0.25) is 10.0 Å². The van der Waals surface area contributed by atoms with Crippen LogP contribution in [0.25, 0.3) is 0 Å². The van der Waals surface area contributed by atoms with Gasteiger partial charge < -0.3 is 9.84 Å². The van der Waals surface area contributed by atoms with Crippen molar-refractivity contribution in [3.8, 4) is 0 Å². The number of aromatic nitrogens is 2. The summed E-state index contributed by atoms with van der Waals surface area (Å²) >= 11 is 0. The van der Waals surface area contributed by atoms with E-state index in [-0.39, 0.29) is 11.5 Å². The van der Waals surface area contributed by atoms with Crippen molar-refractivity contribution in [1.29, 1.82) is 0 Å². The first-order chi connectivity index (χ1) is 7.86. The fourth-order valence-corrected chi connectivity index (χ4v) is 2.27. The number of hydrogen-bond donors (Lipinski definition) is 2. The first-order valence-electron chi connectivity index (χ1n) is 4.59. The van der Waals surface area contributed by atoms with Crippen molar-refractivity contribution in [2.24, 2.45) is 7.05 Å². The standard InChI is InChI=1S/C8H13N3O5S/c1-11-4-6(3-9-11)17(14,15)10-7(5-16-2)8(12)13/h3-4,7,10H,5H2,1-2H3,(H,12,13). The number of sulfonamides is 1. The van der Waals surface area contributed by atoms with Crippen LogP contribution >= 0.6 is 0 Å². The zero-order chi connectivity index (χ0) is 13.1. The highest BCUT2D eigenvalue weighted by atomic mass is 32.2. The number of ether oxygens (including phenoxy) is 1. The second-order valence-corrected chi connectivity index (χ2v) is 5.03. The van der Waals surface area contributed by atoms with E-state index in [1.807, 2.05) is 4.72 Å². The molecule has 0 aliphatic carbocycles. The molecule has 0 radical (unpaired) electrons. The number of carboxylic acid groups (broad SMARTS) is 1. The van der Waals surface area contributed by atoms with Crippen molar-refractivity contribution >= 4 is 16.0 Å². The quantitative estimate of drug-likeness (QED) is 0.667. The van der Waals surface area contributed by atoms with Crippen molar-refractivity contribution < 1.29 is 23.1 Å². The van der Waals surface area contributed by atoms with Crippen LogP contribution in [0.2, 0.25) is 0 Å². The van der Waals surface area contributed by atoms with Gasteiger partial charge in [-0.15, -0.1) is 0 Å². The average Bonchev–Trinajstić information content (AvgIpc) is 2.64. The maximum atomic E-state index is 11.8. The predicted octanol–water partition coefficient (Wildman–Crippen LogP) is -1.20. The molecule has 1 unspecified atom stereocenters. The van der Waals surface area contributed by atoms with Crippen LogP contribution in [0.3, 0.4) is 0 Å². The first kappa shape index (κ1) is 13.6. The molecule has 96 valence electrons. The molecule has 0 fully saturated rings. The summed E-state index contributed by atoms with van der Waals surface area (Å²) in [5.41, 5.74) is 0. The van der Waals surface area contributed by atoms with Gasteiger partial charge in [0.1, 0.15) is 10.9 Å². The number of aliphatic carboxylic acids is 1. The maximum absolute atomic E-state index is 11.8. The summed E-state index contributed by atoms with van der Waals surface area (Å²) in [6, 6.07) is -1.33. The zero-order valence-electron chi connectivity index (χ0n) is 9.32. The minimum atomic E-state index is -3.90. The van der Waals surface area contributed by atoms with Gasteiger partial charge in [-0.1, -0.05) is 0 Å². The lowest BCUT2D eigenvalue weighted by molar-refractivity contribution is -0.140. The van der Waals surface area contributed by atoms with E-state index in [1.54, 1.807) is 7.05 Å². The largest absolute Gasteiger partial charge is 0.480 e. The molecule has 0 bridgehead atoms.